The summed E-state index contributed by atoms with van der Waals surface area (Å²) in [5, 5.41) is 1.45. The Hall–Kier alpha value is -2.03. The minimum atomic E-state index is -0.307. The monoisotopic (exact) mass is 258 g/mol. The van der Waals surface area contributed by atoms with Gasteiger partial charge in [0.15, 0.2) is 0 Å². The highest BCUT2D eigenvalue weighted by Gasteiger charge is 2.06. The number of rotatable bonds is 6. The Bertz CT molecular complexity index is 625. The van der Waals surface area contributed by atoms with Crippen LogP contribution in [0.15, 0.2) is 46.1 Å². The molecule has 19 heavy (non-hydrogen) atoms. The van der Waals surface area contributed by atoms with E-state index in [2.05, 4.69) is 6.58 Å². The Balaban J connectivity index is 2.36. The summed E-state index contributed by atoms with van der Waals surface area (Å²) in [4.78, 5) is 11.9. The first-order valence-corrected chi connectivity index (χ1v) is 6.55. The van der Waals surface area contributed by atoms with Crippen LogP contribution < -0.4 is 10.4 Å². The first kappa shape index (κ1) is 13.4. The van der Waals surface area contributed by atoms with E-state index in [0.717, 1.165) is 18.2 Å². The van der Waals surface area contributed by atoms with Crippen LogP contribution in [0.5, 0.6) is 5.75 Å². The lowest BCUT2D eigenvalue weighted by molar-refractivity contribution is 0.317. The summed E-state index contributed by atoms with van der Waals surface area (Å²) in [6.45, 7) is 6.35. The smallest absolute Gasteiger partial charge is 0.343 e. The molecule has 0 radical (unpaired) electrons. The lowest BCUT2D eigenvalue weighted by Crippen LogP contribution is -2.03. The van der Waals surface area contributed by atoms with Gasteiger partial charge in [0.05, 0.1) is 12.0 Å². The molecule has 3 nitrogen and oxygen atoms in total. The Morgan fingerprint density at radius 1 is 1.37 bits per heavy atom. The highest BCUT2D eigenvalue weighted by molar-refractivity contribution is 5.82. The molecule has 0 N–H and O–H groups in total. The highest BCUT2D eigenvalue weighted by Crippen LogP contribution is 2.20. The van der Waals surface area contributed by atoms with E-state index in [1.54, 1.807) is 6.07 Å². The van der Waals surface area contributed by atoms with Gasteiger partial charge in [-0.25, -0.2) is 4.79 Å². The normalized spacial score (nSPS) is 10.6. The maximum Gasteiger partial charge on any atom is 0.343 e. The predicted octanol–water partition coefficient (Wildman–Crippen LogP) is 3.70. The van der Waals surface area contributed by atoms with Gasteiger partial charge >= 0.3 is 5.63 Å². The zero-order chi connectivity index (χ0) is 13.7. The summed E-state index contributed by atoms with van der Waals surface area (Å²) in [5.74, 6) is 1.40. The zero-order valence-corrected chi connectivity index (χ0v) is 11.1. The molecule has 2 aromatic rings. The van der Waals surface area contributed by atoms with Crippen molar-refractivity contribution in [1.82, 2.24) is 0 Å². The van der Waals surface area contributed by atoms with E-state index in [0.29, 0.717) is 29.9 Å². The molecular formula is C16H18O3. The number of hydrogen-bond donors (Lipinski definition) is 0. The molecule has 0 saturated carbocycles. The van der Waals surface area contributed by atoms with Crippen molar-refractivity contribution in [2.45, 2.75) is 26.2 Å². The first-order chi connectivity index (χ1) is 9.24. The third-order valence-electron chi connectivity index (χ3n) is 2.85. The lowest BCUT2D eigenvalue weighted by Gasteiger charge is -2.06. The predicted molar refractivity (Wildman–Crippen MR) is 76.8 cm³/mol. The summed E-state index contributed by atoms with van der Waals surface area (Å²) in [5.41, 5.74) is -0.307. The lowest BCUT2D eigenvalue weighted by atomic mass is 10.1. The molecular weight excluding hydrogens is 240 g/mol. The number of hydrogen-bond acceptors (Lipinski definition) is 3. The Kier molecular flexibility index (Phi) is 4.39. The third-order valence-corrected chi connectivity index (χ3v) is 2.85. The van der Waals surface area contributed by atoms with Crippen LogP contribution in [0.25, 0.3) is 10.8 Å². The minimum absolute atomic E-state index is 0.307. The van der Waals surface area contributed by atoms with Crippen LogP contribution >= 0.6 is 0 Å². The van der Waals surface area contributed by atoms with Gasteiger partial charge in [0.2, 0.25) is 0 Å². The Morgan fingerprint density at radius 2 is 2.21 bits per heavy atom. The van der Waals surface area contributed by atoms with Crippen molar-refractivity contribution in [3.8, 4) is 5.75 Å². The fourth-order valence-corrected chi connectivity index (χ4v) is 1.89. The number of fused-ring (bicyclic) bond motifs is 1. The molecule has 0 atom stereocenters. The maximum atomic E-state index is 11.9. The molecule has 0 amide bonds. The molecule has 1 heterocycles. The molecule has 1 aromatic carbocycles. The summed E-state index contributed by atoms with van der Waals surface area (Å²) in [6, 6.07) is 7.43. The molecule has 0 aliphatic carbocycles. The van der Waals surface area contributed by atoms with Gasteiger partial charge < -0.3 is 9.15 Å². The second kappa shape index (κ2) is 6.23. The molecule has 100 valence electrons. The van der Waals surface area contributed by atoms with Gasteiger partial charge in [0.1, 0.15) is 11.5 Å². The van der Waals surface area contributed by atoms with Crippen LogP contribution in [0.1, 0.15) is 25.5 Å². The highest BCUT2D eigenvalue weighted by atomic mass is 16.5. The molecule has 0 aliphatic heterocycles. The van der Waals surface area contributed by atoms with E-state index in [4.69, 9.17) is 9.15 Å². The number of ether oxygens (including phenoxy) is 1. The van der Waals surface area contributed by atoms with Crippen molar-refractivity contribution in [1.29, 1.82) is 0 Å². The van der Waals surface area contributed by atoms with E-state index in [-0.39, 0.29) is 5.63 Å². The van der Waals surface area contributed by atoms with E-state index < -0.39 is 0 Å². The number of allylic oxidation sites excluding steroid dienone is 1. The average molecular weight is 258 g/mol. The molecule has 3 heteroatoms. The fraction of sp³-hybridized carbons (Fsp3) is 0.312. The summed E-state index contributed by atoms with van der Waals surface area (Å²) < 4.78 is 10.8. The second-order valence-corrected chi connectivity index (χ2v) is 4.43. The van der Waals surface area contributed by atoms with Crippen molar-refractivity contribution in [3.05, 3.63) is 53.1 Å². The van der Waals surface area contributed by atoms with Gasteiger partial charge in [-0.15, -0.1) is 6.58 Å². The van der Waals surface area contributed by atoms with Crippen molar-refractivity contribution >= 4 is 10.8 Å². The number of benzene rings is 1. The van der Waals surface area contributed by atoms with Crippen molar-refractivity contribution in [2.75, 3.05) is 6.61 Å². The van der Waals surface area contributed by atoms with Crippen LogP contribution in [0.3, 0.4) is 0 Å². The molecule has 0 spiro atoms. The minimum Gasteiger partial charge on any atom is -0.494 e. The Labute approximate surface area is 112 Å². The third kappa shape index (κ3) is 3.25. The van der Waals surface area contributed by atoms with Gasteiger partial charge in [-0.3, -0.25) is 0 Å². The quantitative estimate of drug-likeness (QED) is 0.742. The maximum absolute atomic E-state index is 11.9. The Morgan fingerprint density at radius 3 is 2.95 bits per heavy atom. The van der Waals surface area contributed by atoms with Crippen LogP contribution in [-0.2, 0) is 6.42 Å². The summed E-state index contributed by atoms with van der Waals surface area (Å²) >= 11 is 0. The molecule has 2 rings (SSSR count). The van der Waals surface area contributed by atoms with E-state index >= 15 is 0 Å². The van der Waals surface area contributed by atoms with Crippen LogP contribution in [0.4, 0.5) is 0 Å². The first-order valence-electron chi connectivity index (χ1n) is 6.55. The van der Waals surface area contributed by atoms with Crippen LogP contribution in [0.2, 0.25) is 0 Å². The molecule has 0 bridgehead atoms. The molecule has 0 aliphatic rings. The average Bonchev–Trinajstić information content (AvgIpc) is 2.43. The number of aryl methyl sites for hydroxylation is 1. The second-order valence-electron chi connectivity index (χ2n) is 4.43. The van der Waals surface area contributed by atoms with E-state index in [1.807, 2.05) is 31.2 Å². The fourth-order valence-electron chi connectivity index (χ4n) is 1.89. The van der Waals surface area contributed by atoms with Crippen molar-refractivity contribution in [3.63, 3.8) is 0 Å². The van der Waals surface area contributed by atoms with Crippen molar-refractivity contribution in [2.24, 2.45) is 0 Å². The topological polar surface area (TPSA) is 39.4 Å². The van der Waals surface area contributed by atoms with Gasteiger partial charge in [0.25, 0.3) is 0 Å². The molecule has 0 unspecified atom stereocenters. The summed E-state index contributed by atoms with van der Waals surface area (Å²) in [6.07, 6.45) is 4.24. The van der Waals surface area contributed by atoms with E-state index in [1.165, 1.54) is 0 Å². The van der Waals surface area contributed by atoms with Gasteiger partial charge in [0, 0.05) is 6.42 Å². The van der Waals surface area contributed by atoms with Gasteiger partial charge in [-0.05, 0) is 36.4 Å². The zero-order valence-electron chi connectivity index (χ0n) is 11.1. The molecule has 0 fully saturated rings. The van der Waals surface area contributed by atoms with Crippen LogP contribution in [0, 0.1) is 0 Å². The van der Waals surface area contributed by atoms with E-state index in [9.17, 15) is 4.79 Å². The summed E-state index contributed by atoms with van der Waals surface area (Å²) in [7, 11) is 0. The molecule has 0 saturated heterocycles. The van der Waals surface area contributed by atoms with Crippen molar-refractivity contribution < 1.29 is 9.15 Å². The largest absolute Gasteiger partial charge is 0.494 e. The van der Waals surface area contributed by atoms with Gasteiger partial charge in [-0.2, -0.15) is 0 Å². The SMILES string of the molecule is C=CCCc1cc2ccc(OCCC)cc2c(=O)o1. The molecule has 1 aromatic heterocycles. The van der Waals surface area contributed by atoms with Gasteiger partial charge in [-0.1, -0.05) is 19.1 Å². The standard InChI is InChI=1S/C16H18O3/c1-3-5-6-14-10-12-7-8-13(18-9-4-2)11-15(12)16(17)19-14/h3,7-8,10-11H,1,4-6,9H2,2H3. The van der Waals surface area contributed by atoms with Crippen LogP contribution in [-0.4, -0.2) is 6.61 Å².